The second-order valence-corrected chi connectivity index (χ2v) is 11.4. The highest BCUT2D eigenvalue weighted by molar-refractivity contribution is 6.30. The van der Waals surface area contributed by atoms with E-state index in [1.54, 1.807) is 54.6 Å². The predicted molar refractivity (Wildman–Crippen MR) is 148 cm³/mol. The number of aliphatic carboxylic acids is 1. The Morgan fingerprint density at radius 3 is 2.29 bits per heavy atom. The Bertz CT molecular complexity index is 1510. The molecule has 3 aliphatic rings. The maximum atomic E-state index is 16.5. The van der Waals surface area contributed by atoms with Gasteiger partial charge in [-0.15, -0.1) is 0 Å². The summed E-state index contributed by atoms with van der Waals surface area (Å²) in [6.07, 6.45) is 0. The lowest BCUT2D eigenvalue weighted by Crippen LogP contribution is -2.51. The summed E-state index contributed by atoms with van der Waals surface area (Å²) in [7, 11) is 1.37. The minimum absolute atomic E-state index is 0.0148. The number of methoxy groups -OCH3 is 1. The molecule has 3 aromatic carbocycles. The van der Waals surface area contributed by atoms with Gasteiger partial charge in [-0.05, 0) is 54.4 Å². The molecule has 0 radical (unpaired) electrons. The third kappa shape index (κ3) is 4.34. The Morgan fingerprint density at radius 1 is 1.12 bits per heavy atom. The summed E-state index contributed by atoms with van der Waals surface area (Å²) in [6, 6.07) is 14.8. The van der Waals surface area contributed by atoms with Crippen LogP contribution in [0.5, 0.6) is 0 Å². The second-order valence-electron chi connectivity index (χ2n) is 10.5. The fourth-order valence-corrected chi connectivity index (χ4v) is 6.41. The Hall–Kier alpha value is -3.05. The van der Waals surface area contributed by atoms with E-state index >= 15 is 4.39 Å². The summed E-state index contributed by atoms with van der Waals surface area (Å²) < 4.78 is 34.0. The highest BCUT2D eigenvalue weighted by Crippen LogP contribution is 2.54. The molecular weight excluding hydrogens is 574 g/mol. The van der Waals surface area contributed by atoms with Crippen LogP contribution in [0.4, 0.5) is 4.39 Å². The van der Waals surface area contributed by atoms with E-state index in [4.69, 9.17) is 37.4 Å². The number of nitrogens with zero attached hydrogens (tertiary/aromatic N) is 1. The van der Waals surface area contributed by atoms with E-state index in [-0.39, 0.29) is 17.2 Å². The van der Waals surface area contributed by atoms with Crippen molar-refractivity contribution in [2.45, 2.75) is 30.3 Å². The van der Waals surface area contributed by atoms with Gasteiger partial charge in [0.05, 0.1) is 49.1 Å². The van der Waals surface area contributed by atoms with Gasteiger partial charge in [0, 0.05) is 22.7 Å². The van der Waals surface area contributed by atoms with Crippen molar-refractivity contribution < 1.29 is 33.3 Å². The predicted octanol–water partition coefficient (Wildman–Crippen LogP) is 5.07. The summed E-state index contributed by atoms with van der Waals surface area (Å²) >= 11 is 12.3. The second kappa shape index (κ2) is 10.3. The quantitative estimate of drug-likeness (QED) is 0.348. The van der Waals surface area contributed by atoms with Crippen molar-refractivity contribution in [1.29, 1.82) is 0 Å². The van der Waals surface area contributed by atoms with Crippen molar-refractivity contribution in [3.63, 3.8) is 0 Å². The molecule has 41 heavy (non-hydrogen) atoms. The minimum atomic E-state index is -1.82. The summed E-state index contributed by atoms with van der Waals surface area (Å²) in [6.45, 7) is 2.55. The first-order valence-electron chi connectivity index (χ1n) is 13.1. The van der Waals surface area contributed by atoms with Crippen LogP contribution in [0.2, 0.25) is 10.0 Å². The summed E-state index contributed by atoms with van der Waals surface area (Å²) in [5.74, 6) is -3.53. The van der Waals surface area contributed by atoms with Gasteiger partial charge in [0.15, 0.2) is 5.72 Å². The lowest BCUT2D eigenvalue weighted by atomic mass is 9.86. The third-order valence-corrected chi connectivity index (χ3v) is 8.83. The summed E-state index contributed by atoms with van der Waals surface area (Å²) in [4.78, 5) is 28.3. The maximum Gasteiger partial charge on any atom is 0.308 e. The molecule has 6 rings (SSSR count). The molecule has 3 aromatic rings. The third-order valence-electron chi connectivity index (χ3n) is 8.32. The molecule has 0 bridgehead atoms. The minimum Gasteiger partial charge on any atom is -0.481 e. The molecule has 8 nitrogen and oxygen atoms in total. The van der Waals surface area contributed by atoms with Crippen molar-refractivity contribution in [2.24, 2.45) is 5.92 Å². The molecule has 3 aliphatic heterocycles. The van der Waals surface area contributed by atoms with E-state index in [0.29, 0.717) is 46.7 Å². The molecule has 0 saturated carbocycles. The molecule has 2 saturated heterocycles. The smallest absolute Gasteiger partial charge is 0.308 e. The number of epoxide rings is 1. The standard InChI is InChI=1S/C30H27Cl2FN2O6/c1-16(28(37)38)26(17-3-7-20(31)8-4-17)35-27(36)22-11-19(29(14-41-29)24-13-40-15-34-24)12-23(33)25(22)30(35,39-2)18-5-9-21(32)10-6-18/h3-12,16,24,26,34H,13-15H2,1-2H3,(H,37,38)/t16-,24?,26-,29?,30+/m0/s1. The molecule has 2 fully saturated rings. The first kappa shape index (κ1) is 28.1. The van der Waals surface area contributed by atoms with Gasteiger partial charge >= 0.3 is 5.97 Å². The maximum absolute atomic E-state index is 16.5. The van der Waals surface area contributed by atoms with Crippen molar-refractivity contribution >= 4 is 35.1 Å². The zero-order valence-corrected chi connectivity index (χ0v) is 23.7. The number of halogens is 3. The Labute approximate surface area is 245 Å². The van der Waals surface area contributed by atoms with Crippen molar-refractivity contribution in [2.75, 3.05) is 27.1 Å². The Kier molecular flexibility index (Phi) is 7.09. The van der Waals surface area contributed by atoms with Crippen LogP contribution in [-0.4, -0.2) is 55.0 Å². The number of fused-ring (bicyclic) bond motifs is 1. The number of carbonyl (C=O) groups is 2. The SMILES string of the molecule is CO[C@]1(c2ccc(Cl)cc2)c2c(F)cc(C3(C4COCN4)CO3)cc2C(=O)N1[C@H](c1ccc(Cl)cc1)[C@H](C)C(=O)O. The van der Waals surface area contributed by atoms with Crippen LogP contribution in [-0.2, 0) is 30.3 Å². The first-order valence-corrected chi connectivity index (χ1v) is 13.8. The van der Waals surface area contributed by atoms with Crippen LogP contribution in [0.15, 0.2) is 60.7 Å². The average molecular weight is 601 g/mol. The van der Waals surface area contributed by atoms with Crippen LogP contribution in [0, 0.1) is 11.7 Å². The summed E-state index contributed by atoms with van der Waals surface area (Å²) in [5.41, 5.74) is -1.23. The molecule has 3 heterocycles. The molecule has 2 N–H and O–H groups in total. The van der Waals surface area contributed by atoms with Gasteiger partial charge in [0.1, 0.15) is 11.4 Å². The van der Waals surface area contributed by atoms with Crippen molar-refractivity contribution in [3.05, 3.63) is 104 Å². The van der Waals surface area contributed by atoms with Crippen molar-refractivity contribution in [3.8, 4) is 0 Å². The summed E-state index contributed by atoms with van der Waals surface area (Å²) in [5, 5.41) is 14.3. The highest BCUT2D eigenvalue weighted by Gasteiger charge is 2.60. The van der Waals surface area contributed by atoms with Gasteiger partial charge in [0.2, 0.25) is 0 Å². The molecule has 1 amide bonds. The number of carboxylic acids is 1. The van der Waals surface area contributed by atoms with Crippen molar-refractivity contribution in [1.82, 2.24) is 10.2 Å². The van der Waals surface area contributed by atoms with Gasteiger partial charge in [-0.1, -0.05) is 47.5 Å². The molecule has 0 aromatic heterocycles. The van der Waals surface area contributed by atoms with E-state index in [1.165, 1.54) is 25.0 Å². The number of hydrogen-bond donors (Lipinski definition) is 2. The van der Waals surface area contributed by atoms with Gasteiger partial charge in [-0.3, -0.25) is 19.8 Å². The average Bonchev–Trinajstić information content (AvgIpc) is 3.49. The highest BCUT2D eigenvalue weighted by atomic mass is 35.5. The molecule has 2 unspecified atom stereocenters. The number of amides is 1. The molecule has 214 valence electrons. The largest absolute Gasteiger partial charge is 0.481 e. The molecule has 0 spiro atoms. The Balaban J connectivity index is 1.60. The van der Waals surface area contributed by atoms with E-state index in [0.717, 1.165) is 0 Å². The van der Waals surface area contributed by atoms with Crippen LogP contribution >= 0.6 is 23.2 Å². The van der Waals surface area contributed by atoms with E-state index in [9.17, 15) is 14.7 Å². The van der Waals surface area contributed by atoms with Crippen LogP contribution in [0.1, 0.15) is 45.6 Å². The lowest BCUT2D eigenvalue weighted by Gasteiger charge is -2.44. The number of carboxylic acid groups (broad SMARTS) is 1. The number of rotatable bonds is 8. The molecular formula is C30H27Cl2FN2O6. The van der Waals surface area contributed by atoms with E-state index in [1.807, 2.05) is 0 Å². The number of hydrogen-bond acceptors (Lipinski definition) is 6. The van der Waals surface area contributed by atoms with Gasteiger partial charge in [-0.25, -0.2) is 4.39 Å². The van der Waals surface area contributed by atoms with Crippen LogP contribution < -0.4 is 5.32 Å². The zero-order valence-electron chi connectivity index (χ0n) is 22.2. The first-order chi connectivity index (χ1) is 19.6. The zero-order chi connectivity index (χ0) is 29.1. The lowest BCUT2D eigenvalue weighted by molar-refractivity contribution is -0.149. The molecule has 11 heteroatoms. The van der Waals surface area contributed by atoms with Crippen LogP contribution in [0.25, 0.3) is 0 Å². The number of carbonyl (C=O) groups excluding carboxylic acids is 1. The van der Waals surface area contributed by atoms with Gasteiger partial charge in [0.25, 0.3) is 5.91 Å². The van der Waals surface area contributed by atoms with Gasteiger partial charge < -0.3 is 19.3 Å². The van der Waals surface area contributed by atoms with E-state index < -0.39 is 41.0 Å². The Morgan fingerprint density at radius 2 is 1.76 bits per heavy atom. The topological polar surface area (TPSA) is 101 Å². The number of ether oxygens (including phenoxy) is 3. The van der Waals surface area contributed by atoms with Crippen LogP contribution in [0.3, 0.4) is 0 Å². The fourth-order valence-electron chi connectivity index (χ4n) is 6.15. The number of nitrogens with one attached hydrogen (secondary N) is 1. The van der Waals surface area contributed by atoms with Gasteiger partial charge in [-0.2, -0.15) is 0 Å². The molecule has 0 aliphatic carbocycles. The monoisotopic (exact) mass is 600 g/mol. The van der Waals surface area contributed by atoms with E-state index in [2.05, 4.69) is 5.32 Å². The molecule has 5 atom stereocenters. The fraction of sp³-hybridized carbons (Fsp3) is 0.333. The normalized spacial score (nSPS) is 26.6. The number of benzene rings is 3.